The molecule has 27 heavy (non-hydrogen) atoms. The summed E-state index contributed by atoms with van der Waals surface area (Å²) in [5.41, 5.74) is 1.92. The van der Waals surface area contributed by atoms with Gasteiger partial charge >= 0.3 is 5.97 Å². The van der Waals surface area contributed by atoms with Crippen molar-refractivity contribution in [3.8, 4) is 5.75 Å². The Morgan fingerprint density at radius 3 is 2.63 bits per heavy atom. The molecule has 1 atom stereocenters. The number of hydrogen-bond acceptors (Lipinski definition) is 4. The highest BCUT2D eigenvalue weighted by molar-refractivity contribution is 5.80. The number of nitrogens with zero attached hydrogens (tertiary/aromatic N) is 2. The van der Waals surface area contributed by atoms with Gasteiger partial charge in [0.05, 0.1) is 13.5 Å². The highest BCUT2D eigenvalue weighted by Crippen LogP contribution is 2.21. The van der Waals surface area contributed by atoms with Crippen molar-refractivity contribution in [3.05, 3.63) is 29.3 Å². The molecule has 0 spiro atoms. The van der Waals surface area contributed by atoms with Crippen LogP contribution in [0.15, 0.2) is 18.2 Å². The van der Waals surface area contributed by atoms with Gasteiger partial charge in [0, 0.05) is 26.1 Å². The molecule has 1 unspecified atom stereocenters. The Morgan fingerprint density at radius 2 is 2.00 bits per heavy atom. The lowest BCUT2D eigenvalue weighted by Crippen LogP contribution is -2.43. The number of carboxylic acid groups (broad SMARTS) is 1. The summed E-state index contributed by atoms with van der Waals surface area (Å²) in [7, 11) is 1.61. The second-order valence-corrected chi connectivity index (χ2v) is 6.99. The number of likely N-dealkylation sites (tertiary alicyclic amines) is 1. The summed E-state index contributed by atoms with van der Waals surface area (Å²) in [4.78, 5) is 38.7. The topological polar surface area (TPSA) is 87.2 Å². The van der Waals surface area contributed by atoms with Crippen LogP contribution in [0.3, 0.4) is 0 Å². The average Bonchev–Trinajstić information content (AvgIpc) is 2.87. The normalized spacial score (nSPS) is 17.1. The van der Waals surface area contributed by atoms with Gasteiger partial charge in [-0.3, -0.25) is 14.4 Å². The fourth-order valence-electron chi connectivity index (χ4n) is 3.54. The Bertz CT molecular complexity index is 704. The second kappa shape index (κ2) is 9.39. The highest BCUT2D eigenvalue weighted by Gasteiger charge is 2.27. The zero-order valence-corrected chi connectivity index (χ0v) is 16.2. The Hall–Kier alpha value is -2.57. The number of rotatable bonds is 6. The van der Waals surface area contributed by atoms with Crippen LogP contribution in [-0.4, -0.2) is 65.5 Å². The highest BCUT2D eigenvalue weighted by atomic mass is 16.5. The van der Waals surface area contributed by atoms with Crippen LogP contribution in [-0.2, 0) is 20.8 Å². The number of ether oxygens (including phenoxy) is 1. The molecule has 1 N–H and O–H groups in total. The van der Waals surface area contributed by atoms with Crippen LogP contribution in [0.1, 0.15) is 37.3 Å². The minimum atomic E-state index is -1.02. The fraction of sp³-hybridized carbons (Fsp3) is 0.550. The van der Waals surface area contributed by atoms with E-state index in [0.29, 0.717) is 32.4 Å². The summed E-state index contributed by atoms with van der Waals surface area (Å²) < 4.78 is 5.32. The number of methoxy groups -OCH3 is 1. The smallest absolute Gasteiger partial charge is 0.323 e. The standard InChI is InChI=1S/C20H28N2O5/c1-14-6-7-16(11-18(14)27-3)12-19(24)21-9-4-5-17(8-10-21)22(15(2)23)13-20(25)26/h6-7,11,17H,4-5,8-10,12-13H2,1-3H3,(H,25,26). The summed E-state index contributed by atoms with van der Waals surface area (Å²) in [5, 5.41) is 9.03. The molecular weight excluding hydrogens is 348 g/mol. The van der Waals surface area contributed by atoms with Crippen molar-refractivity contribution in [3.63, 3.8) is 0 Å². The maximum absolute atomic E-state index is 12.7. The van der Waals surface area contributed by atoms with E-state index >= 15 is 0 Å². The van der Waals surface area contributed by atoms with Crippen LogP contribution in [0.2, 0.25) is 0 Å². The first-order chi connectivity index (χ1) is 12.8. The quantitative estimate of drug-likeness (QED) is 0.819. The van der Waals surface area contributed by atoms with Crippen LogP contribution in [0.25, 0.3) is 0 Å². The number of carbonyl (C=O) groups excluding carboxylic acids is 2. The SMILES string of the molecule is COc1cc(CC(=O)N2CCCC(N(CC(=O)O)C(C)=O)CC2)ccc1C. The van der Waals surface area contributed by atoms with Crippen molar-refractivity contribution in [2.45, 2.75) is 45.6 Å². The molecular formula is C20H28N2O5. The zero-order chi connectivity index (χ0) is 20.0. The van der Waals surface area contributed by atoms with Crippen molar-refractivity contribution in [2.24, 2.45) is 0 Å². The fourth-order valence-corrected chi connectivity index (χ4v) is 3.54. The number of carbonyl (C=O) groups is 3. The maximum atomic E-state index is 12.7. The summed E-state index contributed by atoms with van der Waals surface area (Å²) >= 11 is 0. The van der Waals surface area contributed by atoms with Gasteiger partial charge < -0.3 is 19.6 Å². The predicted molar refractivity (Wildman–Crippen MR) is 101 cm³/mol. The van der Waals surface area contributed by atoms with E-state index in [1.165, 1.54) is 11.8 Å². The van der Waals surface area contributed by atoms with Crippen molar-refractivity contribution in [1.29, 1.82) is 0 Å². The van der Waals surface area contributed by atoms with Gasteiger partial charge in [-0.15, -0.1) is 0 Å². The third-order valence-electron chi connectivity index (χ3n) is 5.03. The number of hydrogen-bond donors (Lipinski definition) is 1. The number of amides is 2. The van der Waals surface area contributed by atoms with Gasteiger partial charge in [-0.1, -0.05) is 12.1 Å². The molecule has 1 fully saturated rings. The average molecular weight is 376 g/mol. The number of aryl methyl sites for hydroxylation is 1. The van der Waals surface area contributed by atoms with Gasteiger partial charge in [-0.05, 0) is 43.4 Å². The lowest BCUT2D eigenvalue weighted by atomic mass is 10.1. The van der Waals surface area contributed by atoms with Gasteiger partial charge in [0.25, 0.3) is 0 Å². The molecule has 1 heterocycles. The molecule has 1 aromatic rings. The van der Waals surface area contributed by atoms with E-state index in [-0.39, 0.29) is 24.4 Å². The van der Waals surface area contributed by atoms with Gasteiger partial charge in [-0.2, -0.15) is 0 Å². The minimum Gasteiger partial charge on any atom is -0.496 e. The van der Waals surface area contributed by atoms with E-state index < -0.39 is 5.97 Å². The van der Waals surface area contributed by atoms with Crippen molar-refractivity contribution in [1.82, 2.24) is 9.80 Å². The largest absolute Gasteiger partial charge is 0.496 e. The molecule has 2 amide bonds. The lowest BCUT2D eigenvalue weighted by molar-refractivity contribution is -0.145. The molecule has 1 aliphatic heterocycles. The first-order valence-corrected chi connectivity index (χ1v) is 9.22. The Balaban J connectivity index is 1.99. The molecule has 0 bridgehead atoms. The van der Waals surface area contributed by atoms with Gasteiger partial charge in [0.2, 0.25) is 11.8 Å². The van der Waals surface area contributed by atoms with E-state index in [9.17, 15) is 14.4 Å². The number of carboxylic acids is 1. The minimum absolute atomic E-state index is 0.0363. The third kappa shape index (κ3) is 5.70. The molecule has 1 aliphatic rings. The molecule has 0 aliphatic carbocycles. The van der Waals surface area contributed by atoms with Crippen LogP contribution in [0, 0.1) is 6.92 Å². The molecule has 7 nitrogen and oxygen atoms in total. The molecule has 7 heteroatoms. The first kappa shape index (κ1) is 20.7. The molecule has 1 saturated heterocycles. The Kier molecular flexibility index (Phi) is 7.21. The van der Waals surface area contributed by atoms with E-state index in [2.05, 4.69) is 0 Å². The van der Waals surface area contributed by atoms with Crippen LogP contribution in [0.5, 0.6) is 5.75 Å². The second-order valence-electron chi connectivity index (χ2n) is 6.99. The van der Waals surface area contributed by atoms with Crippen molar-refractivity contribution < 1.29 is 24.2 Å². The van der Waals surface area contributed by atoms with Crippen LogP contribution < -0.4 is 4.74 Å². The summed E-state index contributed by atoms with van der Waals surface area (Å²) in [6, 6.07) is 5.62. The molecule has 148 valence electrons. The number of aliphatic carboxylic acids is 1. The molecule has 0 radical (unpaired) electrons. The van der Waals surface area contributed by atoms with Crippen molar-refractivity contribution in [2.75, 3.05) is 26.7 Å². The summed E-state index contributed by atoms with van der Waals surface area (Å²) in [5.74, 6) is -0.458. The Labute approximate surface area is 159 Å². The van der Waals surface area contributed by atoms with E-state index in [4.69, 9.17) is 9.84 Å². The third-order valence-corrected chi connectivity index (χ3v) is 5.03. The van der Waals surface area contributed by atoms with E-state index in [1.807, 2.05) is 30.0 Å². The van der Waals surface area contributed by atoms with Gasteiger partial charge in [0.15, 0.2) is 0 Å². The maximum Gasteiger partial charge on any atom is 0.323 e. The molecule has 0 aromatic heterocycles. The zero-order valence-electron chi connectivity index (χ0n) is 16.2. The molecule has 0 saturated carbocycles. The van der Waals surface area contributed by atoms with E-state index in [1.54, 1.807) is 7.11 Å². The van der Waals surface area contributed by atoms with Crippen LogP contribution >= 0.6 is 0 Å². The summed E-state index contributed by atoms with van der Waals surface area (Å²) in [6.45, 7) is 4.20. The monoisotopic (exact) mass is 376 g/mol. The van der Waals surface area contributed by atoms with Crippen LogP contribution in [0.4, 0.5) is 0 Å². The molecule has 1 aromatic carbocycles. The van der Waals surface area contributed by atoms with E-state index in [0.717, 1.165) is 23.3 Å². The molecule has 2 rings (SSSR count). The first-order valence-electron chi connectivity index (χ1n) is 9.22. The van der Waals surface area contributed by atoms with Gasteiger partial charge in [0.1, 0.15) is 12.3 Å². The predicted octanol–water partition coefficient (Wildman–Crippen LogP) is 1.86. The summed E-state index contributed by atoms with van der Waals surface area (Å²) in [6.07, 6.45) is 2.34. The van der Waals surface area contributed by atoms with Crippen molar-refractivity contribution >= 4 is 17.8 Å². The number of benzene rings is 1. The Morgan fingerprint density at radius 1 is 1.26 bits per heavy atom. The van der Waals surface area contributed by atoms with Gasteiger partial charge in [-0.25, -0.2) is 0 Å². The lowest BCUT2D eigenvalue weighted by Gasteiger charge is -2.28.